The quantitative estimate of drug-likeness (QED) is 0.861. The van der Waals surface area contributed by atoms with E-state index in [1.807, 2.05) is 0 Å². The minimum Gasteiger partial charge on any atom is -0.468 e. The predicted molar refractivity (Wildman–Crippen MR) is 77.4 cm³/mol. The molecule has 0 atom stereocenters. The summed E-state index contributed by atoms with van der Waals surface area (Å²) in [4.78, 5) is 13.6. The second kappa shape index (κ2) is 5.57. The maximum absolute atomic E-state index is 12.8. The molecule has 0 radical (unpaired) electrons. The smallest absolute Gasteiger partial charge is 0.253 e. The van der Waals surface area contributed by atoms with E-state index in [1.165, 1.54) is 35.4 Å². The molecule has 0 aliphatic carbocycles. The highest BCUT2D eigenvalue weighted by Crippen LogP contribution is 2.22. The highest BCUT2D eigenvalue weighted by atomic mass is 32.2. The molecule has 1 aromatic heterocycles. The highest BCUT2D eigenvalue weighted by molar-refractivity contribution is 7.91. The Bertz CT molecular complexity index is 762. The first-order chi connectivity index (χ1) is 10.5. The third-order valence-electron chi connectivity index (χ3n) is 3.66. The molecule has 0 spiro atoms. The third-order valence-corrected chi connectivity index (χ3v) is 5.66. The van der Waals surface area contributed by atoms with Crippen LogP contribution < -0.4 is 0 Å². The van der Waals surface area contributed by atoms with Crippen molar-refractivity contribution in [3.05, 3.63) is 59.8 Å². The van der Waals surface area contributed by atoms with Crippen LogP contribution in [0, 0.1) is 5.82 Å². The van der Waals surface area contributed by atoms with E-state index in [2.05, 4.69) is 0 Å². The number of rotatable bonds is 4. The van der Waals surface area contributed by atoms with Crippen LogP contribution in [0.25, 0.3) is 0 Å². The minimum atomic E-state index is -3.35. The Balaban J connectivity index is 1.61. The molecule has 0 unspecified atom stereocenters. The number of nitrogens with zero attached hydrogens (tertiary/aromatic N) is 1. The van der Waals surface area contributed by atoms with Crippen molar-refractivity contribution in [2.45, 2.75) is 11.0 Å². The molecule has 0 saturated carbocycles. The molecule has 116 valence electrons. The van der Waals surface area contributed by atoms with Gasteiger partial charge in [-0.1, -0.05) is 0 Å². The summed E-state index contributed by atoms with van der Waals surface area (Å²) in [5.74, 6) is -0.477. The molecule has 1 aliphatic heterocycles. The molecule has 2 aromatic rings. The topological polar surface area (TPSA) is 67.6 Å². The normalized spacial score (nSPS) is 15.6. The van der Waals surface area contributed by atoms with Crippen LogP contribution in [0.1, 0.15) is 16.1 Å². The maximum Gasteiger partial charge on any atom is 0.253 e. The van der Waals surface area contributed by atoms with Crippen LogP contribution in [0.5, 0.6) is 0 Å². The number of halogens is 1. The Morgan fingerprint density at radius 2 is 1.91 bits per heavy atom. The fraction of sp³-hybridized carbons (Fsp3) is 0.267. The Hall–Kier alpha value is -2.15. The van der Waals surface area contributed by atoms with Crippen LogP contribution in [0.15, 0.2) is 47.1 Å². The molecule has 2 heterocycles. The predicted octanol–water partition coefficient (Wildman–Crippen LogP) is 1.86. The molecule has 22 heavy (non-hydrogen) atoms. The van der Waals surface area contributed by atoms with Crippen LogP contribution in [0.3, 0.4) is 0 Å². The first kappa shape index (κ1) is 14.8. The van der Waals surface area contributed by atoms with Crippen molar-refractivity contribution in [2.24, 2.45) is 0 Å². The summed E-state index contributed by atoms with van der Waals surface area (Å²) in [5.41, 5.74) is 0.350. The molecule has 1 aliphatic rings. The van der Waals surface area contributed by atoms with Gasteiger partial charge in [0, 0.05) is 18.7 Å². The van der Waals surface area contributed by atoms with Crippen LogP contribution in [-0.2, 0) is 15.6 Å². The summed E-state index contributed by atoms with van der Waals surface area (Å²) in [7, 11) is -3.35. The van der Waals surface area contributed by atoms with Gasteiger partial charge >= 0.3 is 0 Å². The fourth-order valence-electron chi connectivity index (χ4n) is 2.32. The van der Waals surface area contributed by atoms with Gasteiger partial charge in [-0.2, -0.15) is 0 Å². The number of hydrogen-bond acceptors (Lipinski definition) is 4. The monoisotopic (exact) mass is 323 g/mol. The molecule has 7 heteroatoms. The second-order valence-corrected chi connectivity index (χ2v) is 7.51. The van der Waals surface area contributed by atoms with E-state index in [4.69, 9.17) is 4.42 Å². The fourth-order valence-corrected chi connectivity index (χ4v) is 3.93. The number of carbonyl (C=O) groups is 1. The zero-order valence-electron chi connectivity index (χ0n) is 11.6. The molecular weight excluding hydrogens is 309 g/mol. The summed E-state index contributed by atoms with van der Waals surface area (Å²) >= 11 is 0. The number of sulfone groups is 1. The van der Waals surface area contributed by atoms with Gasteiger partial charge in [0.15, 0.2) is 9.84 Å². The largest absolute Gasteiger partial charge is 0.468 e. The number of amides is 1. The summed E-state index contributed by atoms with van der Waals surface area (Å²) in [6.07, 6.45) is 1.43. The second-order valence-electron chi connectivity index (χ2n) is 5.23. The summed E-state index contributed by atoms with van der Waals surface area (Å²) in [6, 6.07) is 8.44. The van der Waals surface area contributed by atoms with Gasteiger partial charge in [-0.15, -0.1) is 0 Å². The lowest BCUT2D eigenvalue weighted by molar-refractivity contribution is 0.0658. The van der Waals surface area contributed by atoms with Crippen molar-refractivity contribution in [3.63, 3.8) is 0 Å². The van der Waals surface area contributed by atoms with Crippen molar-refractivity contribution in [3.8, 4) is 0 Å². The Morgan fingerprint density at radius 3 is 2.50 bits per heavy atom. The summed E-state index contributed by atoms with van der Waals surface area (Å²) < 4.78 is 42.2. The van der Waals surface area contributed by atoms with Gasteiger partial charge < -0.3 is 9.32 Å². The van der Waals surface area contributed by atoms with Gasteiger partial charge in [-0.05, 0) is 36.4 Å². The van der Waals surface area contributed by atoms with E-state index in [-0.39, 0.29) is 24.7 Å². The first-order valence-electron chi connectivity index (χ1n) is 6.74. The van der Waals surface area contributed by atoms with Gasteiger partial charge in [0.25, 0.3) is 5.91 Å². The van der Waals surface area contributed by atoms with Gasteiger partial charge in [-0.3, -0.25) is 4.79 Å². The van der Waals surface area contributed by atoms with Crippen molar-refractivity contribution in [1.82, 2.24) is 4.90 Å². The number of likely N-dealkylation sites (tertiary alicyclic amines) is 1. The van der Waals surface area contributed by atoms with E-state index >= 15 is 0 Å². The number of benzene rings is 1. The number of carbonyl (C=O) groups excluding carboxylic acids is 1. The summed E-state index contributed by atoms with van der Waals surface area (Å²) in [6.45, 7) is 0.304. The number of hydrogen-bond donors (Lipinski definition) is 0. The van der Waals surface area contributed by atoms with Crippen molar-refractivity contribution >= 4 is 15.7 Å². The van der Waals surface area contributed by atoms with E-state index in [1.54, 1.807) is 12.1 Å². The maximum atomic E-state index is 12.8. The zero-order valence-corrected chi connectivity index (χ0v) is 12.4. The van der Waals surface area contributed by atoms with Crippen molar-refractivity contribution in [2.75, 3.05) is 13.1 Å². The average Bonchev–Trinajstić information content (AvgIpc) is 2.89. The molecule has 1 amide bonds. The average molecular weight is 323 g/mol. The minimum absolute atomic E-state index is 0.152. The third kappa shape index (κ3) is 2.89. The lowest BCUT2D eigenvalue weighted by atomic mass is 10.1. The lowest BCUT2D eigenvalue weighted by Gasteiger charge is -2.38. The molecule has 1 fully saturated rings. The molecule has 3 rings (SSSR count). The molecule has 1 aromatic carbocycles. The van der Waals surface area contributed by atoms with Crippen molar-refractivity contribution in [1.29, 1.82) is 0 Å². The number of furan rings is 1. The Labute approximate surface area is 127 Å². The van der Waals surface area contributed by atoms with E-state index < -0.39 is 20.9 Å². The molecular formula is C15H14FNO4S. The standard InChI is InChI=1S/C15H14FNO4S/c16-12-5-3-11(4-6-12)15(18)17-8-14(9-17)22(19,20)10-13-2-1-7-21-13/h1-7,14H,8-10H2. The molecule has 0 bridgehead atoms. The van der Waals surface area contributed by atoms with Crippen LogP contribution in [0.2, 0.25) is 0 Å². The van der Waals surface area contributed by atoms with Crippen LogP contribution >= 0.6 is 0 Å². The van der Waals surface area contributed by atoms with Gasteiger partial charge in [-0.25, -0.2) is 12.8 Å². The lowest BCUT2D eigenvalue weighted by Crippen LogP contribution is -2.57. The molecule has 0 N–H and O–H groups in total. The zero-order chi connectivity index (χ0) is 15.7. The molecule has 1 saturated heterocycles. The highest BCUT2D eigenvalue weighted by Gasteiger charge is 2.40. The molecule has 5 nitrogen and oxygen atoms in total. The van der Waals surface area contributed by atoms with Crippen LogP contribution in [0.4, 0.5) is 4.39 Å². The van der Waals surface area contributed by atoms with E-state index in [0.29, 0.717) is 11.3 Å². The SMILES string of the molecule is O=C(c1ccc(F)cc1)N1CC(S(=O)(=O)Cc2ccco2)C1. The Morgan fingerprint density at radius 1 is 1.23 bits per heavy atom. The summed E-state index contributed by atoms with van der Waals surface area (Å²) in [5, 5.41) is -0.581. The first-order valence-corrected chi connectivity index (χ1v) is 8.46. The van der Waals surface area contributed by atoms with Gasteiger partial charge in [0.1, 0.15) is 17.3 Å². The van der Waals surface area contributed by atoms with E-state index in [0.717, 1.165) is 0 Å². The van der Waals surface area contributed by atoms with E-state index in [9.17, 15) is 17.6 Å². The van der Waals surface area contributed by atoms with Crippen LogP contribution in [-0.4, -0.2) is 37.6 Å². The van der Waals surface area contributed by atoms with Gasteiger partial charge in [0.2, 0.25) is 0 Å². The Kier molecular flexibility index (Phi) is 3.74. The van der Waals surface area contributed by atoms with Crippen molar-refractivity contribution < 1.29 is 22.0 Å². The van der Waals surface area contributed by atoms with Gasteiger partial charge in [0.05, 0.1) is 11.5 Å².